The Hall–Kier alpha value is -2.17. The summed E-state index contributed by atoms with van der Waals surface area (Å²) in [5.41, 5.74) is 1.92. The first kappa shape index (κ1) is 11.3. The second-order valence-electron chi connectivity index (χ2n) is 3.71. The van der Waals surface area contributed by atoms with E-state index in [9.17, 15) is 4.79 Å². The molecule has 2 heterocycles. The quantitative estimate of drug-likeness (QED) is 0.849. The third-order valence-corrected chi connectivity index (χ3v) is 2.49. The number of methoxy groups -OCH3 is 1. The molecule has 2 aromatic heterocycles. The average Bonchev–Trinajstić information content (AvgIpc) is 2.34. The molecule has 0 saturated carbocycles. The summed E-state index contributed by atoms with van der Waals surface area (Å²) >= 11 is 0. The number of ether oxygens (including phenoxy) is 1. The van der Waals surface area contributed by atoms with Gasteiger partial charge in [0, 0.05) is 23.4 Å². The van der Waals surface area contributed by atoms with E-state index in [1.807, 2.05) is 6.07 Å². The monoisotopic (exact) mass is 231 g/mol. The first-order valence-corrected chi connectivity index (χ1v) is 5.19. The van der Waals surface area contributed by atoms with Crippen molar-refractivity contribution >= 4 is 0 Å². The molecule has 0 fully saturated rings. The highest BCUT2D eigenvalue weighted by Gasteiger charge is 2.08. The van der Waals surface area contributed by atoms with Crippen molar-refractivity contribution in [2.75, 3.05) is 7.11 Å². The van der Waals surface area contributed by atoms with Crippen LogP contribution in [0.15, 0.2) is 23.1 Å². The highest BCUT2D eigenvalue weighted by atomic mass is 16.5. The van der Waals surface area contributed by atoms with Gasteiger partial charge in [-0.1, -0.05) is 0 Å². The van der Waals surface area contributed by atoms with Crippen molar-refractivity contribution in [2.24, 2.45) is 0 Å². The molecule has 0 aromatic carbocycles. The fourth-order valence-corrected chi connectivity index (χ4v) is 1.57. The Bertz CT molecular complexity index is 588. The van der Waals surface area contributed by atoms with E-state index in [0.717, 1.165) is 5.56 Å². The maximum Gasteiger partial charge on any atom is 0.254 e. The molecular weight excluding hydrogens is 218 g/mol. The molecular formula is C12H13N3O2. The lowest BCUT2D eigenvalue weighted by Crippen LogP contribution is -2.14. The van der Waals surface area contributed by atoms with Crippen LogP contribution in [-0.4, -0.2) is 22.1 Å². The molecule has 5 nitrogen and oxygen atoms in total. The van der Waals surface area contributed by atoms with Gasteiger partial charge in [0.25, 0.3) is 5.56 Å². The van der Waals surface area contributed by atoms with Crippen LogP contribution in [-0.2, 0) is 0 Å². The van der Waals surface area contributed by atoms with E-state index in [4.69, 9.17) is 4.74 Å². The number of pyridine rings is 1. The minimum Gasteiger partial charge on any atom is -0.481 e. The van der Waals surface area contributed by atoms with Crippen LogP contribution in [0.25, 0.3) is 11.3 Å². The van der Waals surface area contributed by atoms with E-state index in [0.29, 0.717) is 23.0 Å². The largest absolute Gasteiger partial charge is 0.481 e. The van der Waals surface area contributed by atoms with E-state index in [-0.39, 0.29) is 5.56 Å². The molecule has 0 unspecified atom stereocenters. The van der Waals surface area contributed by atoms with Crippen LogP contribution < -0.4 is 10.3 Å². The van der Waals surface area contributed by atoms with Gasteiger partial charge in [0.1, 0.15) is 5.82 Å². The Kier molecular flexibility index (Phi) is 2.91. The van der Waals surface area contributed by atoms with Crippen LogP contribution in [0.5, 0.6) is 5.88 Å². The molecule has 5 heteroatoms. The van der Waals surface area contributed by atoms with E-state index >= 15 is 0 Å². The Morgan fingerprint density at radius 3 is 2.65 bits per heavy atom. The molecule has 0 spiro atoms. The van der Waals surface area contributed by atoms with Crippen molar-refractivity contribution in [3.63, 3.8) is 0 Å². The van der Waals surface area contributed by atoms with Gasteiger partial charge in [-0.05, 0) is 19.9 Å². The zero-order chi connectivity index (χ0) is 12.4. The normalized spacial score (nSPS) is 10.3. The number of aromatic amines is 1. The van der Waals surface area contributed by atoms with Crippen molar-refractivity contribution in [3.8, 4) is 17.1 Å². The zero-order valence-electron chi connectivity index (χ0n) is 9.94. The summed E-state index contributed by atoms with van der Waals surface area (Å²) in [5, 5.41) is 0. The van der Waals surface area contributed by atoms with Crippen LogP contribution in [0.2, 0.25) is 0 Å². The number of H-pyrrole nitrogens is 1. The van der Waals surface area contributed by atoms with Gasteiger partial charge in [-0.15, -0.1) is 0 Å². The highest BCUT2D eigenvalue weighted by Crippen LogP contribution is 2.19. The van der Waals surface area contributed by atoms with Gasteiger partial charge in [-0.2, -0.15) is 0 Å². The van der Waals surface area contributed by atoms with Gasteiger partial charge in [0.15, 0.2) is 0 Å². The summed E-state index contributed by atoms with van der Waals surface area (Å²) < 4.78 is 4.98. The van der Waals surface area contributed by atoms with Crippen molar-refractivity contribution in [1.82, 2.24) is 15.0 Å². The maximum atomic E-state index is 11.6. The van der Waals surface area contributed by atoms with Crippen molar-refractivity contribution < 1.29 is 4.74 Å². The number of hydrogen-bond acceptors (Lipinski definition) is 4. The van der Waals surface area contributed by atoms with Crippen molar-refractivity contribution in [1.29, 1.82) is 0 Å². The molecule has 2 rings (SSSR count). The summed E-state index contributed by atoms with van der Waals surface area (Å²) in [6.07, 6.45) is 1.65. The van der Waals surface area contributed by atoms with Gasteiger partial charge in [-0.3, -0.25) is 4.79 Å². The molecule has 0 amide bonds. The molecule has 0 radical (unpaired) electrons. The van der Waals surface area contributed by atoms with Gasteiger partial charge < -0.3 is 9.72 Å². The standard InChI is InChI=1S/C12H13N3O2/c1-7-11(14-8(2)15-12(7)16)9-4-5-10(17-3)13-6-9/h4-6H,1-3H3,(H,14,15,16). The summed E-state index contributed by atoms with van der Waals surface area (Å²) in [5.74, 6) is 1.12. The van der Waals surface area contributed by atoms with Gasteiger partial charge >= 0.3 is 0 Å². The molecule has 2 aromatic rings. The van der Waals surface area contributed by atoms with Gasteiger partial charge in [0.05, 0.1) is 12.8 Å². The fourth-order valence-electron chi connectivity index (χ4n) is 1.57. The number of rotatable bonds is 2. The van der Waals surface area contributed by atoms with E-state index in [1.54, 1.807) is 33.2 Å². The third-order valence-electron chi connectivity index (χ3n) is 2.49. The molecule has 1 N–H and O–H groups in total. The minimum atomic E-state index is -0.122. The van der Waals surface area contributed by atoms with Crippen LogP contribution in [0.1, 0.15) is 11.4 Å². The Morgan fingerprint density at radius 1 is 1.29 bits per heavy atom. The van der Waals surface area contributed by atoms with Crippen LogP contribution >= 0.6 is 0 Å². The molecule has 17 heavy (non-hydrogen) atoms. The number of nitrogens with zero attached hydrogens (tertiary/aromatic N) is 2. The Morgan fingerprint density at radius 2 is 2.06 bits per heavy atom. The SMILES string of the molecule is COc1ccc(-c2nc(C)[nH]c(=O)c2C)cn1. The number of nitrogens with one attached hydrogen (secondary N) is 1. The lowest BCUT2D eigenvalue weighted by Gasteiger charge is -2.05. The van der Waals surface area contributed by atoms with E-state index in [1.165, 1.54) is 0 Å². The predicted molar refractivity (Wildman–Crippen MR) is 64.1 cm³/mol. The molecule has 0 aliphatic heterocycles. The van der Waals surface area contributed by atoms with Gasteiger partial charge in [0.2, 0.25) is 5.88 Å². The smallest absolute Gasteiger partial charge is 0.254 e. The summed E-state index contributed by atoms with van der Waals surface area (Å²) in [6, 6.07) is 3.58. The van der Waals surface area contributed by atoms with Crippen LogP contribution in [0, 0.1) is 13.8 Å². The lowest BCUT2D eigenvalue weighted by atomic mass is 10.1. The predicted octanol–water partition coefficient (Wildman–Crippen LogP) is 1.46. The van der Waals surface area contributed by atoms with Crippen LogP contribution in [0.4, 0.5) is 0 Å². The lowest BCUT2D eigenvalue weighted by molar-refractivity contribution is 0.398. The first-order chi connectivity index (χ1) is 8.11. The van der Waals surface area contributed by atoms with Gasteiger partial charge in [-0.25, -0.2) is 9.97 Å². The van der Waals surface area contributed by atoms with Crippen molar-refractivity contribution in [2.45, 2.75) is 13.8 Å². The average molecular weight is 231 g/mol. The number of aryl methyl sites for hydroxylation is 1. The highest BCUT2D eigenvalue weighted by molar-refractivity contribution is 5.61. The van der Waals surface area contributed by atoms with Crippen LogP contribution in [0.3, 0.4) is 0 Å². The molecule has 0 aliphatic carbocycles. The fraction of sp³-hybridized carbons (Fsp3) is 0.250. The number of hydrogen-bond donors (Lipinski definition) is 1. The topological polar surface area (TPSA) is 67.9 Å². The summed E-state index contributed by atoms with van der Waals surface area (Å²) in [6.45, 7) is 3.49. The third kappa shape index (κ3) is 2.18. The summed E-state index contributed by atoms with van der Waals surface area (Å²) in [4.78, 5) is 22.7. The van der Waals surface area contributed by atoms with Crippen molar-refractivity contribution in [3.05, 3.63) is 40.1 Å². The molecule has 0 aliphatic rings. The molecule has 88 valence electrons. The maximum absolute atomic E-state index is 11.6. The Balaban J connectivity index is 2.56. The summed E-state index contributed by atoms with van der Waals surface area (Å²) in [7, 11) is 1.56. The van der Waals surface area contributed by atoms with E-state index < -0.39 is 0 Å². The minimum absolute atomic E-state index is 0.122. The molecule has 0 saturated heterocycles. The number of aromatic nitrogens is 3. The molecule has 0 atom stereocenters. The second kappa shape index (κ2) is 4.37. The zero-order valence-corrected chi connectivity index (χ0v) is 9.94. The molecule has 0 bridgehead atoms. The second-order valence-corrected chi connectivity index (χ2v) is 3.71. The van der Waals surface area contributed by atoms with E-state index in [2.05, 4.69) is 15.0 Å². The Labute approximate surface area is 98.5 Å². The first-order valence-electron chi connectivity index (χ1n) is 5.19.